The standard InChI is InChI=1S/C12H22N4O2S/c1-3-10-6-11(16(2)15-10)7-12(14-13)9-4-5-19(17,18)8-9/h6,9,12,14H,3-5,7-8,13H2,1-2H3. The summed E-state index contributed by atoms with van der Waals surface area (Å²) in [5.41, 5.74) is 4.91. The fourth-order valence-corrected chi connectivity index (χ4v) is 4.54. The maximum Gasteiger partial charge on any atom is 0.150 e. The summed E-state index contributed by atoms with van der Waals surface area (Å²) in [6.07, 6.45) is 2.29. The van der Waals surface area contributed by atoms with Gasteiger partial charge in [0.15, 0.2) is 9.84 Å². The predicted octanol–water partition coefficient (Wildman–Crippen LogP) is -0.208. The number of nitrogens with two attached hydrogens (primary N) is 1. The molecule has 1 aliphatic rings. The molecule has 0 radical (unpaired) electrons. The molecule has 0 saturated carbocycles. The van der Waals surface area contributed by atoms with Gasteiger partial charge in [-0.15, -0.1) is 0 Å². The van der Waals surface area contributed by atoms with Crippen molar-refractivity contribution in [2.75, 3.05) is 11.5 Å². The Morgan fingerprint density at radius 1 is 1.63 bits per heavy atom. The Morgan fingerprint density at radius 3 is 2.84 bits per heavy atom. The number of sulfone groups is 1. The molecule has 1 aromatic heterocycles. The third-order valence-corrected chi connectivity index (χ3v) is 5.66. The highest BCUT2D eigenvalue weighted by atomic mass is 32.2. The van der Waals surface area contributed by atoms with E-state index >= 15 is 0 Å². The second-order valence-corrected chi connectivity index (χ2v) is 7.47. The number of rotatable bonds is 5. The molecule has 1 aliphatic heterocycles. The molecule has 19 heavy (non-hydrogen) atoms. The van der Waals surface area contributed by atoms with E-state index in [9.17, 15) is 8.42 Å². The summed E-state index contributed by atoms with van der Waals surface area (Å²) in [6.45, 7) is 2.06. The summed E-state index contributed by atoms with van der Waals surface area (Å²) in [6, 6.07) is 2.05. The van der Waals surface area contributed by atoms with Crippen LogP contribution in [0.15, 0.2) is 6.07 Å². The van der Waals surface area contributed by atoms with Crippen molar-refractivity contribution in [2.24, 2.45) is 18.8 Å². The summed E-state index contributed by atoms with van der Waals surface area (Å²) >= 11 is 0. The topological polar surface area (TPSA) is 90.0 Å². The second-order valence-electron chi connectivity index (χ2n) is 5.24. The second kappa shape index (κ2) is 5.60. The number of aromatic nitrogens is 2. The van der Waals surface area contributed by atoms with E-state index in [0.29, 0.717) is 12.8 Å². The van der Waals surface area contributed by atoms with Gasteiger partial charge in [-0.1, -0.05) is 6.92 Å². The van der Waals surface area contributed by atoms with Gasteiger partial charge in [0, 0.05) is 25.2 Å². The van der Waals surface area contributed by atoms with Gasteiger partial charge in [-0.25, -0.2) is 8.42 Å². The zero-order chi connectivity index (χ0) is 14.0. The Hall–Kier alpha value is -0.920. The van der Waals surface area contributed by atoms with Crippen LogP contribution in [-0.2, 0) is 29.7 Å². The van der Waals surface area contributed by atoms with Crippen molar-refractivity contribution < 1.29 is 8.42 Å². The maximum atomic E-state index is 11.5. The zero-order valence-corrected chi connectivity index (χ0v) is 12.3. The zero-order valence-electron chi connectivity index (χ0n) is 11.5. The molecule has 2 heterocycles. The van der Waals surface area contributed by atoms with Gasteiger partial charge in [-0.3, -0.25) is 16.0 Å². The lowest BCUT2D eigenvalue weighted by atomic mass is 9.95. The van der Waals surface area contributed by atoms with E-state index in [1.807, 2.05) is 11.7 Å². The Labute approximate surface area is 114 Å². The Morgan fingerprint density at radius 2 is 2.37 bits per heavy atom. The molecule has 108 valence electrons. The number of aryl methyl sites for hydroxylation is 2. The van der Waals surface area contributed by atoms with Gasteiger partial charge in [0.1, 0.15) is 0 Å². The first-order valence-corrected chi connectivity index (χ1v) is 8.45. The number of nitrogens with zero attached hydrogens (tertiary/aromatic N) is 2. The Balaban J connectivity index is 2.09. The molecule has 2 unspecified atom stereocenters. The van der Waals surface area contributed by atoms with Crippen molar-refractivity contribution >= 4 is 9.84 Å². The minimum Gasteiger partial charge on any atom is -0.272 e. The van der Waals surface area contributed by atoms with Crippen molar-refractivity contribution in [2.45, 2.75) is 32.2 Å². The minimum absolute atomic E-state index is 0.0163. The lowest BCUT2D eigenvalue weighted by Gasteiger charge is -2.21. The molecule has 1 fully saturated rings. The van der Waals surface area contributed by atoms with E-state index < -0.39 is 9.84 Å². The number of hydrazine groups is 1. The molecule has 7 heteroatoms. The molecule has 2 atom stereocenters. The summed E-state index contributed by atoms with van der Waals surface area (Å²) in [5.74, 6) is 6.21. The van der Waals surface area contributed by atoms with Crippen LogP contribution < -0.4 is 11.3 Å². The van der Waals surface area contributed by atoms with Gasteiger partial charge in [-0.05, 0) is 24.8 Å². The molecule has 0 aromatic carbocycles. The quantitative estimate of drug-likeness (QED) is 0.577. The monoisotopic (exact) mass is 286 g/mol. The molecule has 1 saturated heterocycles. The van der Waals surface area contributed by atoms with E-state index in [0.717, 1.165) is 17.8 Å². The van der Waals surface area contributed by atoms with Gasteiger partial charge in [0.25, 0.3) is 0 Å². The number of hydrogen-bond donors (Lipinski definition) is 2. The van der Waals surface area contributed by atoms with Gasteiger partial charge in [-0.2, -0.15) is 5.10 Å². The van der Waals surface area contributed by atoms with E-state index in [1.54, 1.807) is 0 Å². The lowest BCUT2D eigenvalue weighted by molar-refractivity contribution is 0.378. The van der Waals surface area contributed by atoms with Crippen molar-refractivity contribution in [3.8, 4) is 0 Å². The van der Waals surface area contributed by atoms with Crippen LogP contribution in [-0.4, -0.2) is 35.7 Å². The van der Waals surface area contributed by atoms with Crippen LogP contribution in [0, 0.1) is 5.92 Å². The number of nitrogens with one attached hydrogen (secondary N) is 1. The third kappa shape index (κ3) is 3.34. The Bertz CT molecular complexity index is 538. The highest BCUT2D eigenvalue weighted by Crippen LogP contribution is 2.23. The van der Waals surface area contributed by atoms with E-state index in [-0.39, 0.29) is 23.5 Å². The van der Waals surface area contributed by atoms with Crippen LogP contribution in [0.3, 0.4) is 0 Å². The lowest BCUT2D eigenvalue weighted by Crippen LogP contribution is -2.43. The molecule has 2 rings (SSSR count). The van der Waals surface area contributed by atoms with Crippen LogP contribution >= 0.6 is 0 Å². The smallest absolute Gasteiger partial charge is 0.150 e. The molecular formula is C12H22N4O2S. The number of hydrogen-bond acceptors (Lipinski definition) is 5. The molecule has 1 aromatic rings. The van der Waals surface area contributed by atoms with Gasteiger partial charge in [0.05, 0.1) is 17.2 Å². The third-order valence-electron chi connectivity index (χ3n) is 3.87. The van der Waals surface area contributed by atoms with Gasteiger partial charge >= 0.3 is 0 Å². The van der Waals surface area contributed by atoms with Crippen LogP contribution in [0.4, 0.5) is 0 Å². The molecule has 0 spiro atoms. The van der Waals surface area contributed by atoms with E-state index in [1.165, 1.54) is 0 Å². The largest absolute Gasteiger partial charge is 0.272 e. The molecule has 0 aliphatic carbocycles. The van der Waals surface area contributed by atoms with Crippen molar-refractivity contribution in [3.05, 3.63) is 17.5 Å². The average molecular weight is 286 g/mol. The van der Waals surface area contributed by atoms with Crippen molar-refractivity contribution in [3.63, 3.8) is 0 Å². The van der Waals surface area contributed by atoms with Gasteiger partial charge in [0.2, 0.25) is 0 Å². The van der Waals surface area contributed by atoms with Crippen molar-refractivity contribution in [1.82, 2.24) is 15.2 Å². The first-order valence-electron chi connectivity index (χ1n) is 6.63. The predicted molar refractivity (Wildman–Crippen MR) is 74.2 cm³/mol. The normalized spacial score (nSPS) is 23.6. The first kappa shape index (κ1) is 14.5. The van der Waals surface area contributed by atoms with Crippen LogP contribution in [0.1, 0.15) is 24.7 Å². The summed E-state index contributed by atoms with van der Waals surface area (Å²) in [7, 11) is -0.960. The minimum atomic E-state index is -2.87. The summed E-state index contributed by atoms with van der Waals surface area (Å²) in [4.78, 5) is 0. The highest BCUT2D eigenvalue weighted by molar-refractivity contribution is 7.91. The first-order chi connectivity index (χ1) is 8.95. The SMILES string of the molecule is CCc1cc(CC(NN)C2CCS(=O)(=O)C2)n(C)n1. The molecule has 6 nitrogen and oxygen atoms in total. The van der Waals surface area contributed by atoms with Crippen LogP contribution in [0.5, 0.6) is 0 Å². The average Bonchev–Trinajstić information content (AvgIpc) is 2.89. The fraction of sp³-hybridized carbons (Fsp3) is 0.750. The Kier molecular flexibility index (Phi) is 4.27. The van der Waals surface area contributed by atoms with Crippen LogP contribution in [0.25, 0.3) is 0 Å². The summed E-state index contributed by atoms with van der Waals surface area (Å²) in [5, 5.41) is 4.40. The molecular weight excluding hydrogens is 264 g/mol. The maximum absolute atomic E-state index is 11.5. The highest BCUT2D eigenvalue weighted by Gasteiger charge is 2.33. The molecule has 0 amide bonds. The molecule has 0 bridgehead atoms. The van der Waals surface area contributed by atoms with E-state index in [4.69, 9.17) is 5.84 Å². The fourth-order valence-electron chi connectivity index (χ4n) is 2.66. The van der Waals surface area contributed by atoms with Gasteiger partial charge < -0.3 is 0 Å². The molecule has 3 N–H and O–H groups in total. The van der Waals surface area contributed by atoms with Crippen LogP contribution in [0.2, 0.25) is 0 Å². The van der Waals surface area contributed by atoms with Crippen molar-refractivity contribution in [1.29, 1.82) is 0 Å². The summed E-state index contributed by atoms with van der Waals surface area (Å²) < 4.78 is 24.9. The van der Waals surface area contributed by atoms with E-state index in [2.05, 4.69) is 23.5 Å².